The van der Waals surface area contributed by atoms with Gasteiger partial charge in [-0.15, -0.1) is 0 Å². The van der Waals surface area contributed by atoms with E-state index in [0.717, 1.165) is 28.4 Å². The van der Waals surface area contributed by atoms with E-state index >= 15 is 0 Å². The van der Waals surface area contributed by atoms with Crippen molar-refractivity contribution >= 4 is 33.7 Å². The molecule has 3 heterocycles. The lowest BCUT2D eigenvalue weighted by molar-refractivity contribution is -0.116. The van der Waals surface area contributed by atoms with E-state index < -0.39 is 11.2 Å². The molecule has 0 aliphatic carbocycles. The largest absolute Gasteiger partial charge is 0.332 e. The van der Waals surface area contributed by atoms with Crippen molar-refractivity contribution < 1.29 is 4.79 Å². The first-order chi connectivity index (χ1) is 14.8. The van der Waals surface area contributed by atoms with Gasteiger partial charge in [0.1, 0.15) is 6.54 Å². The fourth-order valence-electron chi connectivity index (χ4n) is 3.76. The number of anilines is 1. The molecule has 0 fully saturated rings. The number of hydrogen-bond donors (Lipinski definition) is 2. The number of nitrogens with one attached hydrogen (secondary N) is 2. The van der Waals surface area contributed by atoms with Crippen molar-refractivity contribution in [3.63, 3.8) is 0 Å². The highest BCUT2D eigenvalue weighted by molar-refractivity contribution is 5.94. The minimum absolute atomic E-state index is 0.158. The Labute approximate surface area is 175 Å². The number of rotatable bonds is 5. The van der Waals surface area contributed by atoms with Crippen molar-refractivity contribution in [2.24, 2.45) is 14.1 Å². The molecule has 2 N–H and O–H groups in total. The number of aromatic amines is 1. The van der Waals surface area contributed by atoms with Crippen molar-refractivity contribution in [3.8, 4) is 0 Å². The number of aromatic nitrogens is 5. The Kier molecular flexibility index (Phi) is 5.05. The third kappa shape index (κ3) is 3.56. The van der Waals surface area contributed by atoms with Gasteiger partial charge in [-0.25, -0.2) is 9.78 Å². The van der Waals surface area contributed by atoms with Gasteiger partial charge in [0, 0.05) is 31.2 Å². The van der Waals surface area contributed by atoms with Crippen LogP contribution in [0.2, 0.25) is 0 Å². The number of pyridine rings is 1. The molecule has 0 atom stereocenters. The second-order valence-electron chi connectivity index (χ2n) is 7.47. The van der Waals surface area contributed by atoms with Gasteiger partial charge >= 0.3 is 5.69 Å². The zero-order chi connectivity index (χ0) is 22.3. The highest BCUT2D eigenvalue weighted by Gasteiger charge is 2.16. The van der Waals surface area contributed by atoms with Gasteiger partial charge in [0.05, 0.1) is 11.8 Å². The summed E-state index contributed by atoms with van der Waals surface area (Å²) in [5.41, 5.74) is 1.32. The van der Waals surface area contributed by atoms with Gasteiger partial charge in [-0.2, -0.15) is 0 Å². The third-order valence-corrected chi connectivity index (χ3v) is 5.26. The van der Waals surface area contributed by atoms with Crippen LogP contribution in [-0.2, 0) is 31.9 Å². The Morgan fingerprint density at radius 3 is 2.65 bits per heavy atom. The summed E-state index contributed by atoms with van der Waals surface area (Å²) in [5, 5.41) is 3.72. The summed E-state index contributed by atoms with van der Waals surface area (Å²) >= 11 is 0. The average Bonchev–Trinajstić information content (AvgIpc) is 3.14. The van der Waals surface area contributed by atoms with E-state index in [2.05, 4.69) is 15.3 Å². The molecule has 0 unspecified atom stereocenters. The van der Waals surface area contributed by atoms with Crippen molar-refractivity contribution in [2.45, 2.75) is 26.3 Å². The second-order valence-corrected chi connectivity index (χ2v) is 7.47. The maximum absolute atomic E-state index is 12.6. The molecular weight excluding hydrogens is 400 g/mol. The van der Waals surface area contributed by atoms with Crippen LogP contribution in [0.3, 0.4) is 0 Å². The van der Waals surface area contributed by atoms with Crippen LogP contribution in [0.25, 0.3) is 22.1 Å². The highest BCUT2D eigenvalue weighted by atomic mass is 16.2. The Morgan fingerprint density at radius 2 is 1.90 bits per heavy atom. The number of benzene rings is 1. The molecule has 31 heavy (non-hydrogen) atoms. The van der Waals surface area contributed by atoms with E-state index in [-0.39, 0.29) is 29.2 Å². The van der Waals surface area contributed by atoms with E-state index in [9.17, 15) is 19.2 Å². The van der Waals surface area contributed by atoms with E-state index in [1.807, 2.05) is 13.0 Å². The smallest absolute Gasteiger partial charge is 0.324 e. The normalized spacial score (nSPS) is 11.3. The summed E-state index contributed by atoms with van der Waals surface area (Å²) in [4.78, 5) is 56.0. The van der Waals surface area contributed by atoms with Crippen LogP contribution >= 0.6 is 0 Å². The molecule has 3 aromatic heterocycles. The van der Waals surface area contributed by atoms with E-state index in [1.54, 1.807) is 18.2 Å². The molecule has 160 valence electrons. The lowest BCUT2D eigenvalue weighted by atomic mass is 10.0. The van der Waals surface area contributed by atoms with Crippen LogP contribution < -0.4 is 22.1 Å². The van der Waals surface area contributed by atoms with Crippen LogP contribution in [0.15, 0.2) is 45.0 Å². The number of nitrogens with zero attached hydrogens (tertiary/aromatic N) is 4. The van der Waals surface area contributed by atoms with Gasteiger partial charge in [0.25, 0.3) is 5.56 Å². The summed E-state index contributed by atoms with van der Waals surface area (Å²) in [6, 6.07) is 6.95. The molecule has 4 aromatic rings. The number of hydrogen-bond acceptors (Lipinski definition) is 5. The number of aryl methyl sites for hydroxylation is 2. The van der Waals surface area contributed by atoms with Gasteiger partial charge in [0.15, 0.2) is 11.2 Å². The number of imidazole rings is 1. The van der Waals surface area contributed by atoms with Crippen LogP contribution in [0.1, 0.15) is 18.9 Å². The lowest BCUT2D eigenvalue weighted by Gasteiger charge is -2.10. The molecule has 0 saturated carbocycles. The maximum atomic E-state index is 12.6. The number of amides is 1. The quantitative estimate of drug-likeness (QED) is 0.494. The topological polar surface area (TPSA) is 124 Å². The predicted octanol–water partition coefficient (Wildman–Crippen LogP) is 0.866. The number of carbonyl (C=O) groups is 1. The Morgan fingerprint density at radius 1 is 1.13 bits per heavy atom. The average molecular weight is 422 g/mol. The van der Waals surface area contributed by atoms with Crippen LogP contribution in [0.5, 0.6) is 0 Å². The first kappa shape index (κ1) is 20.3. The molecule has 0 bridgehead atoms. The van der Waals surface area contributed by atoms with Crippen molar-refractivity contribution in [1.29, 1.82) is 0 Å². The van der Waals surface area contributed by atoms with E-state index in [0.29, 0.717) is 11.2 Å². The molecule has 0 spiro atoms. The number of H-pyrrole nitrogens is 1. The highest BCUT2D eigenvalue weighted by Crippen LogP contribution is 2.21. The summed E-state index contributed by atoms with van der Waals surface area (Å²) in [6.45, 7) is 1.89. The summed E-state index contributed by atoms with van der Waals surface area (Å²) in [7, 11) is 2.90. The molecule has 1 amide bonds. The Bertz CT molecular complexity index is 1500. The Balaban J connectivity index is 1.64. The zero-order valence-electron chi connectivity index (χ0n) is 17.4. The third-order valence-electron chi connectivity index (χ3n) is 5.26. The van der Waals surface area contributed by atoms with Crippen molar-refractivity contribution in [1.82, 2.24) is 23.7 Å². The minimum Gasteiger partial charge on any atom is -0.324 e. The first-order valence-electron chi connectivity index (χ1n) is 9.86. The molecule has 0 aliphatic rings. The van der Waals surface area contributed by atoms with Gasteiger partial charge in [-0.1, -0.05) is 19.4 Å². The molecule has 0 aliphatic heterocycles. The minimum atomic E-state index is -0.518. The molecular formula is C21H22N6O4. The molecule has 0 saturated heterocycles. The van der Waals surface area contributed by atoms with Gasteiger partial charge in [-0.05, 0) is 24.1 Å². The standard InChI is InChI=1S/C21H22N6O4/c1-4-5-12-8-16(28)24-15-9-13(6-7-14(12)15)23-17(29)10-27-11-22-19-18(27)20(30)26(3)21(31)25(19)2/h6-9,11H,4-5,10H2,1-3H3,(H,23,29)(H,24,28). The van der Waals surface area contributed by atoms with Crippen LogP contribution in [0.4, 0.5) is 5.69 Å². The molecule has 4 rings (SSSR count). The van der Waals surface area contributed by atoms with Gasteiger partial charge in [-0.3, -0.25) is 23.5 Å². The summed E-state index contributed by atoms with van der Waals surface area (Å²) in [6.07, 6.45) is 3.07. The molecule has 0 radical (unpaired) electrons. The van der Waals surface area contributed by atoms with Crippen molar-refractivity contribution in [3.05, 3.63) is 67.3 Å². The lowest BCUT2D eigenvalue weighted by Crippen LogP contribution is -2.37. The SMILES string of the molecule is CCCc1cc(=O)[nH]c2cc(NC(=O)Cn3cnc4c3c(=O)n(C)c(=O)n4C)ccc12. The van der Waals surface area contributed by atoms with Gasteiger partial charge in [0.2, 0.25) is 11.5 Å². The number of fused-ring (bicyclic) bond motifs is 2. The van der Waals surface area contributed by atoms with Crippen LogP contribution in [0, 0.1) is 0 Å². The molecule has 10 nitrogen and oxygen atoms in total. The zero-order valence-corrected chi connectivity index (χ0v) is 17.4. The molecule has 10 heteroatoms. The second kappa shape index (κ2) is 7.71. The van der Waals surface area contributed by atoms with Crippen LogP contribution in [-0.4, -0.2) is 29.6 Å². The maximum Gasteiger partial charge on any atom is 0.332 e. The fraction of sp³-hybridized carbons (Fsp3) is 0.286. The summed E-state index contributed by atoms with van der Waals surface area (Å²) < 4.78 is 3.65. The van der Waals surface area contributed by atoms with Gasteiger partial charge < -0.3 is 14.9 Å². The monoisotopic (exact) mass is 422 g/mol. The Hall–Kier alpha value is -3.95. The first-order valence-corrected chi connectivity index (χ1v) is 9.86. The van der Waals surface area contributed by atoms with Crippen molar-refractivity contribution in [2.75, 3.05) is 5.32 Å². The van der Waals surface area contributed by atoms with E-state index in [1.165, 1.54) is 29.6 Å². The molecule has 1 aromatic carbocycles. The summed E-state index contributed by atoms with van der Waals surface area (Å²) in [5.74, 6) is -0.374. The number of carbonyl (C=O) groups excluding carboxylic acids is 1. The fourth-order valence-corrected chi connectivity index (χ4v) is 3.76. The predicted molar refractivity (Wildman–Crippen MR) is 117 cm³/mol. The van der Waals surface area contributed by atoms with E-state index in [4.69, 9.17) is 0 Å².